The van der Waals surface area contributed by atoms with E-state index < -0.39 is 0 Å². The van der Waals surface area contributed by atoms with Crippen LogP contribution in [0.5, 0.6) is 11.6 Å². The van der Waals surface area contributed by atoms with Crippen molar-refractivity contribution in [1.82, 2.24) is 9.97 Å². The molecule has 0 aliphatic rings. The number of hydrogen-bond acceptors (Lipinski definition) is 5. The van der Waals surface area contributed by atoms with Crippen LogP contribution in [-0.4, -0.2) is 21.6 Å². The van der Waals surface area contributed by atoms with Crippen LogP contribution in [0.2, 0.25) is 0 Å². The largest absolute Gasteiger partial charge is 0.439 e. The fourth-order valence-electron chi connectivity index (χ4n) is 2.11. The summed E-state index contributed by atoms with van der Waals surface area (Å²) in [4.78, 5) is 8.54. The number of hydrogen-bond donors (Lipinski definition) is 2. The van der Waals surface area contributed by atoms with Crippen LogP contribution in [0.25, 0.3) is 0 Å². The van der Waals surface area contributed by atoms with Crippen LogP contribution in [0.1, 0.15) is 37.8 Å². The maximum atomic E-state index is 9.19. The second-order valence-corrected chi connectivity index (χ2v) is 5.03. The summed E-state index contributed by atoms with van der Waals surface area (Å²) < 4.78 is 5.90. The molecule has 0 aliphatic heterocycles. The highest BCUT2D eigenvalue weighted by Gasteiger charge is 2.16. The van der Waals surface area contributed by atoms with E-state index in [9.17, 15) is 5.11 Å². The topological polar surface area (TPSA) is 67.3 Å². The van der Waals surface area contributed by atoms with Crippen LogP contribution in [0.3, 0.4) is 0 Å². The van der Waals surface area contributed by atoms with Crippen molar-refractivity contribution >= 4 is 5.82 Å². The molecule has 0 saturated heterocycles. The third-order valence-electron chi connectivity index (χ3n) is 3.06. The molecule has 0 fully saturated rings. The van der Waals surface area contributed by atoms with E-state index in [4.69, 9.17) is 4.74 Å². The summed E-state index contributed by atoms with van der Waals surface area (Å²) in [5.74, 6) is 2.24. The average Bonchev–Trinajstić information content (AvgIpc) is 2.47. The van der Waals surface area contributed by atoms with Crippen LogP contribution in [-0.2, 0) is 6.61 Å². The van der Waals surface area contributed by atoms with Crippen molar-refractivity contribution in [2.45, 2.75) is 33.3 Å². The van der Waals surface area contributed by atoms with Gasteiger partial charge in [-0.2, -0.15) is 0 Å². The van der Waals surface area contributed by atoms with Gasteiger partial charge >= 0.3 is 0 Å². The van der Waals surface area contributed by atoms with Gasteiger partial charge in [-0.15, -0.1) is 0 Å². The normalized spacial score (nSPS) is 10.7. The lowest BCUT2D eigenvalue weighted by atomic mass is 10.1. The van der Waals surface area contributed by atoms with Crippen LogP contribution in [0, 0.1) is 0 Å². The monoisotopic (exact) mass is 287 g/mol. The third-order valence-corrected chi connectivity index (χ3v) is 3.06. The summed E-state index contributed by atoms with van der Waals surface area (Å²) >= 11 is 0. The Balaban J connectivity index is 2.36. The van der Waals surface area contributed by atoms with Crippen molar-refractivity contribution in [2.24, 2.45) is 0 Å². The number of aliphatic hydroxyl groups excluding tert-OH is 1. The van der Waals surface area contributed by atoms with Crippen molar-refractivity contribution < 1.29 is 9.84 Å². The van der Waals surface area contributed by atoms with Crippen molar-refractivity contribution in [2.75, 3.05) is 11.9 Å². The number of ether oxygens (including phenoxy) is 1. The molecule has 0 saturated carbocycles. The molecule has 2 rings (SSSR count). The van der Waals surface area contributed by atoms with E-state index in [0.717, 1.165) is 23.5 Å². The summed E-state index contributed by atoms with van der Waals surface area (Å²) in [6, 6.07) is 7.35. The Kier molecular flexibility index (Phi) is 5.11. The van der Waals surface area contributed by atoms with Gasteiger partial charge in [0.1, 0.15) is 17.9 Å². The minimum Gasteiger partial charge on any atom is -0.439 e. The van der Waals surface area contributed by atoms with Gasteiger partial charge in [-0.05, 0) is 30.5 Å². The van der Waals surface area contributed by atoms with Gasteiger partial charge in [0, 0.05) is 6.54 Å². The molecule has 0 atom stereocenters. The average molecular weight is 287 g/mol. The second-order valence-electron chi connectivity index (χ2n) is 5.03. The zero-order chi connectivity index (χ0) is 15.2. The Hall–Kier alpha value is -2.14. The van der Waals surface area contributed by atoms with Gasteiger partial charge in [0.15, 0.2) is 0 Å². The molecule has 0 bridgehead atoms. The lowest BCUT2D eigenvalue weighted by molar-refractivity contribution is 0.281. The smallest absolute Gasteiger partial charge is 0.227 e. The van der Waals surface area contributed by atoms with E-state index in [-0.39, 0.29) is 12.5 Å². The number of nitrogens with one attached hydrogen (secondary N) is 1. The molecule has 1 aromatic heterocycles. The molecule has 21 heavy (non-hydrogen) atoms. The maximum absolute atomic E-state index is 9.19. The second kappa shape index (κ2) is 7.04. The first-order valence-corrected chi connectivity index (χ1v) is 7.12. The SMILES string of the molecule is CCNc1ncnc(Oc2cccc(CO)c2)c1C(C)C. The molecule has 0 radical (unpaired) electrons. The quantitative estimate of drug-likeness (QED) is 0.853. The molecule has 2 N–H and O–H groups in total. The van der Waals surface area contributed by atoms with E-state index in [1.54, 1.807) is 6.07 Å². The molecule has 5 nitrogen and oxygen atoms in total. The highest BCUT2D eigenvalue weighted by Crippen LogP contribution is 2.33. The number of anilines is 1. The predicted octanol–water partition coefficient (Wildman–Crippen LogP) is 3.32. The first-order valence-electron chi connectivity index (χ1n) is 7.12. The summed E-state index contributed by atoms with van der Waals surface area (Å²) in [6.45, 7) is 6.96. The Bertz CT molecular complexity index is 600. The first kappa shape index (κ1) is 15.3. The maximum Gasteiger partial charge on any atom is 0.227 e. The van der Waals surface area contributed by atoms with Gasteiger partial charge < -0.3 is 15.2 Å². The van der Waals surface area contributed by atoms with Crippen LogP contribution in [0.4, 0.5) is 5.82 Å². The molecule has 0 spiro atoms. The number of rotatable bonds is 6. The Labute approximate surface area is 125 Å². The Morgan fingerprint density at radius 2 is 2.10 bits per heavy atom. The number of aromatic nitrogens is 2. The molecule has 0 amide bonds. The molecular formula is C16H21N3O2. The highest BCUT2D eigenvalue weighted by molar-refractivity contribution is 5.51. The molecule has 2 aromatic rings. The molecule has 0 aliphatic carbocycles. The van der Waals surface area contributed by atoms with Crippen LogP contribution < -0.4 is 10.1 Å². The zero-order valence-corrected chi connectivity index (χ0v) is 12.6. The van der Waals surface area contributed by atoms with Crippen LogP contribution in [0.15, 0.2) is 30.6 Å². The molecule has 112 valence electrons. The predicted molar refractivity (Wildman–Crippen MR) is 82.7 cm³/mol. The van der Waals surface area contributed by atoms with Crippen molar-refractivity contribution in [3.05, 3.63) is 41.7 Å². The lowest BCUT2D eigenvalue weighted by Crippen LogP contribution is -2.07. The van der Waals surface area contributed by atoms with Gasteiger partial charge in [0.05, 0.1) is 12.2 Å². The summed E-state index contributed by atoms with van der Waals surface area (Å²) in [7, 11) is 0. The zero-order valence-electron chi connectivity index (χ0n) is 12.6. The van der Waals surface area contributed by atoms with E-state index in [0.29, 0.717) is 11.6 Å². The van der Waals surface area contributed by atoms with Crippen LogP contribution >= 0.6 is 0 Å². The van der Waals surface area contributed by atoms with Crippen molar-refractivity contribution in [3.63, 3.8) is 0 Å². The minimum atomic E-state index is -0.0132. The minimum absolute atomic E-state index is 0.0132. The molecule has 1 heterocycles. The Morgan fingerprint density at radius 1 is 1.29 bits per heavy atom. The summed E-state index contributed by atoms with van der Waals surface area (Å²) in [6.07, 6.45) is 1.50. The van der Waals surface area contributed by atoms with Gasteiger partial charge in [0.2, 0.25) is 5.88 Å². The third kappa shape index (κ3) is 3.70. The fraction of sp³-hybridized carbons (Fsp3) is 0.375. The summed E-state index contributed by atoms with van der Waals surface area (Å²) in [5, 5.41) is 12.4. The van der Waals surface area contributed by atoms with Crippen molar-refractivity contribution in [1.29, 1.82) is 0 Å². The number of aliphatic hydroxyl groups is 1. The van der Waals surface area contributed by atoms with E-state index in [1.165, 1.54) is 6.33 Å². The van der Waals surface area contributed by atoms with E-state index >= 15 is 0 Å². The lowest BCUT2D eigenvalue weighted by Gasteiger charge is -2.16. The standard InChI is InChI=1S/C16H21N3O2/c1-4-17-15-14(11(2)3)16(19-10-18-15)21-13-7-5-6-12(8-13)9-20/h5-8,10-11,20H,4,9H2,1-3H3,(H,17,18,19). The molecule has 1 aromatic carbocycles. The van der Waals surface area contributed by atoms with Gasteiger partial charge in [-0.3, -0.25) is 0 Å². The number of nitrogens with zero attached hydrogens (tertiary/aromatic N) is 2. The highest BCUT2D eigenvalue weighted by atomic mass is 16.5. The van der Waals surface area contributed by atoms with Gasteiger partial charge in [-0.1, -0.05) is 26.0 Å². The molecule has 5 heteroatoms. The fourth-order valence-corrected chi connectivity index (χ4v) is 2.11. The van der Waals surface area contributed by atoms with E-state index in [2.05, 4.69) is 29.1 Å². The molecular weight excluding hydrogens is 266 g/mol. The van der Waals surface area contributed by atoms with Crippen molar-refractivity contribution in [3.8, 4) is 11.6 Å². The Morgan fingerprint density at radius 3 is 2.76 bits per heavy atom. The first-order chi connectivity index (χ1) is 10.2. The summed E-state index contributed by atoms with van der Waals surface area (Å²) in [5.41, 5.74) is 1.76. The molecule has 0 unspecified atom stereocenters. The van der Waals surface area contributed by atoms with E-state index in [1.807, 2.05) is 25.1 Å². The van der Waals surface area contributed by atoms with Gasteiger partial charge in [0.25, 0.3) is 0 Å². The van der Waals surface area contributed by atoms with Gasteiger partial charge in [-0.25, -0.2) is 9.97 Å². The number of benzene rings is 1.